The molecule has 0 bridgehead atoms. The summed E-state index contributed by atoms with van der Waals surface area (Å²) in [6, 6.07) is 0. The molecular formula is C72H142O6. The van der Waals surface area contributed by atoms with Crippen molar-refractivity contribution in [2.75, 3.05) is 0 Å². The average molecular weight is 1100 g/mol. The van der Waals surface area contributed by atoms with Gasteiger partial charge in [-0.1, -0.05) is 374 Å². The summed E-state index contributed by atoms with van der Waals surface area (Å²) in [7, 11) is 0. The van der Waals surface area contributed by atoms with Crippen molar-refractivity contribution in [3.63, 3.8) is 0 Å². The fourth-order valence-corrected chi connectivity index (χ4v) is 11.9. The third kappa shape index (κ3) is 56.7. The molecule has 2 N–H and O–H groups in total. The number of aliphatic hydroxyl groups is 2. The zero-order valence-corrected chi connectivity index (χ0v) is 53.7. The maximum atomic E-state index is 13.5. The Labute approximate surface area is 489 Å². The van der Waals surface area contributed by atoms with E-state index in [2.05, 4.69) is 27.7 Å². The smallest absolute Gasteiger partial charge is 0.338 e. The lowest BCUT2D eigenvalue weighted by Gasteiger charge is -2.24. The molecule has 0 aromatic rings. The molecule has 0 heterocycles. The second-order valence-corrected chi connectivity index (χ2v) is 25.3. The Kier molecular flexibility index (Phi) is 64.1. The third-order valence-corrected chi connectivity index (χ3v) is 17.4. The van der Waals surface area contributed by atoms with E-state index in [9.17, 15) is 19.8 Å². The Morgan fingerprint density at radius 2 is 0.333 bits per heavy atom. The van der Waals surface area contributed by atoms with E-state index < -0.39 is 24.1 Å². The van der Waals surface area contributed by atoms with Gasteiger partial charge in [0.25, 0.3) is 0 Å². The van der Waals surface area contributed by atoms with Gasteiger partial charge in [-0.3, -0.25) is 0 Å². The summed E-state index contributed by atoms with van der Waals surface area (Å²) in [4.78, 5) is 27.0. The molecule has 0 fully saturated rings. The summed E-state index contributed by atoms with van der Waals surface area (Å²) in [6.45, 7) is 9.14. The van der Waals surface area contributed by atoms with Gasteiger partial charge in [0.1, 0.15) is 12.2 Å². The molecule has 0 aliphatic rings. The van der Waals surface area contributed by atoms with Crippen LogP contribution >= 0.6 is 0 Å². The minimum absolute atomic E-state index is 0.312. The van der Waals surface area contributed by atoms with Gasteiger partial charge in [0.05, 0.1) is 0 Å². The molecule has 0 aromatic carbocycles. The van der Waals surface area contributed by atoms with Crippen molar-refractivity contribution in [3.05, 3.63) is 0 Å². The topological polar surface area (TPSA) is 93.1 Å². The number of ether oxygens (including phenoxy) is 2. The highest BCUT2D eigenvalue weighted by Gasteiger charge is 2.35. The molecule has 0 saturated carbocycles. The molecule has 466 valence electrons. The van der Waals surface area contributed by atoms with Crippen molar-refractivity contribution in [3.8, 4) is 0 Å². The van der Waals surface area contributed by atoms with Gasteiger partial charge in [0, 0.05) is 0 Å². The molecule has 78 heavy (non-hydrogen) atoms. The molecule has 4 unspecified atom stereocenters. The van der Waals surface area contributed by atoms with Crippen LogP contribution in [0.3, 0.4) is 0 Å². The summed E-state index contributed by atoms with van der Waals surface area (Å²) >= 11 is 0. The van der Waals surface area contributed by atoms with Gasteiger partial charge in [0.15, 0.2) is 12.2 Å². The number of hydrogen-bond donors (Lipinski definition) is 2. The minimum atomic E-state index is -1.94. The molecule has 6 nitrogen and oxygen atoms in total. The van der Waals surface area contributed by atoms with E-state index in [0.717, 1.165) is 77.0 Å². The molecule has 0 rings (SSSR count). The van der Waals surface area contributed by atoms with Gasteiger partial charge in [-0.2, -0.15) is 0 Å². The van der Waals surface area contributed by atoms with Crippen LogP contribution in [0.2, 0.25) is 0 Å². The van der Waals surface area contributed by atoms with Crippen molar-refractivity contribution in [2.45, 2.75) is 450 Å². The van der Waals surface area contributed by atoms with Gasteiger partial charge < -0.3 is 19.7 Å². The largest absolute Gasteiger partial charge is 0.460 e. The first-order valence-electron chi connectivity index (χ1n) is 36.2. The minimum Gasteiger partial charge on any atom is -0.460 e. The maximum Gasteiger partial charge on any atom is 0.338 e. The van der Waals surface area contributed by atoms with E-state index in [1.807, 2.05) is 0 Å². The first-order valence-corrected chi connectivity index (χ1v) is 36.2. The summed E-state index contributed by atoms with van der Waals surface area (Å²) in [6.07, 6.45) is 74.1. The molecular weight excluding hydrogens is 961 g/mol. The summed E-state index contributed by atoms with van der Waals surface area (Å²) in [5.41, 5.74) is 0. The third-order valence-electron chi connectivity index (χ3n) is 17.4. The van der Waals surface area contributed by atoms with Crippen LogP contribution < -0.4 is 0 Å². The number of aliphatic hydroxyl groups excluding tert-OH is 2. The number of unbranched alkanes of at least 4 members (excludes halogenated alkanes) is 54. The van der Waals surface area contributed by atoms with Crippen molar-refractivity contribution < 1.29 is 29.3 Å². The Hall–Kier alpha value is -1.14. The Morgan fingerprint density at radius 1 is 0.218 bits per heavy atom. The van der Waals surface area contributed by atoms with E-state index in [1.165, 1.54) is 321 Å². The molecule has 0 aromatic heterocycles. The first-order chi connectivity index (χ1) is 38.4. The zero-order chi connectivity index (χ0) is 56.7. The molecule has 0 aliphatic carbocycles. The molecule has 4 atom stereocenters. The van der Waals surface area contributed by atoms with Crippen LogP contribution in [0, 0.1) is 0 Å². The number of hydrogen-bond acceptors (Lipinski definition) is 6. The lowest BCUT2D eigenvalue weighted by Crippen LogP contribution is -2.43. The normalized spacial score (nSPS) is 13.3. The quantitative estimate of drug-likeness (QED) is 0.0466. The van der Waals surface area contributed by atoms with Gasteiger partial charge in [-0.25, -0.2) is 9.59 Å². The van der Waals surface area contributed by atoms with Crippen LogP contribution in [-0.4, -0.2) is 46.6 Å². The van der Waals surface area contributed by atoms with Gasteiger partial charge in [0.2, 0.25) is 0 Å². The maximum absolute atomic E-state index is 13.5. The van der Waals surface area contributed by atoms with Crippen molar-refractivity contribution in [1.82, 2.24) is 0 Å². The van der Waals surface area contributed by atoms with Crippen molar-refractivity contribution in [2.24, 2.45) is 0 Å². The zero-order valence-electron chi connectivity index (χ0n) is 53.7. The number of rotatable bonds is 67. The number of esters is 2. The van der Waals surface area contributed by atoms with Crippen molar-refractivity contribution >= 4 is 11.9 Å². The van der Waals surface area contributed by atoms with Crippen LogP contribution in [0.25, 0.3) is 0 Å². The fraction of sp³-hybridized carbons (Fsp3) is 0.972. The van der Waals surface area contributed by atoms with Crippen LogP contribution in [-0.2, 0) is 19.1 Å². The first kappa shape index (κ1) is 76.9. The average Bonchev–Trinajstić information content (AvgIpc) is 3.44. The van der Waals surface area contributed by atoms with Crippen LogP contribution in [0.1, 0.15) is 426 Å². The van der Waals surface area contributed by atoms with E-state index in [4.69, 9.17) is 9.47 Å². The van der Waals surface area contributed by atoms with Crippen molar-refractivity contribution in [1.29, 1.82) is 0 Å². The SMILES string of the molecule is CCCCCCCCCCCCCCCCCC(CCCCCCCCCCCCCCCC)OC(=O)C(O)C(O)C(=O)OC(CCCCCCCCCCCCCCCC)CCCCCCCCCCCCCCCCC. The summed E-state index contributed by atoms with van der Waals surface area (Å²) in [5.74, 6) is -1.77. The van der Waals surface area contributed by atoms with Crippen LogP contribution in [0.5, 0.6) is 0 Å². The second-order valence-electron chi connectivity index (χ2n) is 25.3. The lowest BCUT2D eigenvalue weighted by atomic mass is 10.0. The summed E-state index contributed by atoms with van der Waals surface area (Å²) < 4.78 is 12.0. The van der Waals surface area contributed by atoms with E-state index in [0.29, 0.717) is 0 Å². The van der Waals surface area contributed by atoms with E-state index in [1.54, 1.807) is 0 Å². The van der Waals surface area contributed by atoms with Crippen LogP contribution in [0.15, 0.2) is 0 Å². The molecule has 0 aliphatic heterocycles. The lowest BCUT2D eigenvalue weighted by molar-refractivity contribution is -0.179. The predicted octanol–water partition coefficient (Wildman–Crippen LogP) is 23.8. The fourth-order valence-electron chi connectivity index (χ4n) is 11.9. The second kappa shape index (κ2) is 65.0. The molecule has 6 heteroatoms. The van der Waals surface area contributed by atoms with E-state index >= 15 is 0 Å². The Morgan fingerprint density at radius 3 is 0.462 bits per heavy atom. The van der Waals surface area contributed by atoms with Gasteiger partial charge in [-0.05, 0) is 51.4 Å². The van der Waals surface area contributed by atoms with Gasteiger partial charge in [-0.15, -0.1) is 0 Å². The standard InChI is InChI=1S/C72H142O6/c1-5-9-13-17-21-25-29-33-37-41-45-49-53-57-61-65-67(63-59-55-51-47-43-39-35-31-27-23-19-15-11-7-3)77-71(75)69(73)70(74)72(76)78-68(64-60-56-52-48-44-40-36-32-28-24-20-16-12-8-4)66-62-58-54-50-46-42-38-34-30-26-22-18-14-10-6-2/h67-70,73-74H,5-66H2,1-4H3. The highest BCUT2D eigenvalue weighted by Crippen LogP contribution is 2.23. The predicted molar refractivity (Wildman–Crippen MR) is 341 cm³/mol. The van der Waals surface area contributed by atoms with E-state index in [-0.39, 0.29) is 12.2 Å². The molecule has 0 amide bonds. The Bertz CT molecular complexity index is 1070. The number of carbonyl (C=O) groups excluding carboxylic acids is 2. The monoisotopic (exact) mass is 1100 g/mol. The van der Waals surface area contributed by atoms with Gasteiger partial charge >= 0.3 is 11.9 Å². The molecule has 0 radical (unpaired) electrons. The Balaban J connectivity index is 5.08. The van der Waals surface area contributed by atoms with Crippen LogP contribution in [0.4, 0.5) is 0 Å². The summed E-state index contributed by atoms with van der Waals surface area (Å²) in [5, 5.41) is 22.2. The highest BCUT2D eigenvalue weighted by atomic mass is 16.6. The number of carbonyl (C=O) groups is 2. The highest BCUT2D eigenvalue weighted by molar-refractivity contribution is 5.85. The molecule has 0 spiro atoms. The molecule has 0 saturated heterocycles.